The summed E-state index contributed by atoms with van der Waals surface area (Å²) in [6.07, 6.45) is 3.00. The van der Waals surface area contributed by atoms with Gasteiger partial charge in [-0.05, 0) is 37.4 Å². The van der Waals surface area contributed by atoms with Crippen molar-refractivity contribution >= 4 is 0 Å². The molecule has 2 N–H and O–H groups in total. The largest absolute Gasteiger partial charge is 0.493 e. The molecule has 3 rings (SSSR count). The zero-order valence-corrected chi connectivity index (χ0v) is 12.0. The van der Waals surface area contributed by atoms with Crippen LogP contribution in [0.5, 0.6) is 11.5 Å². The van der Waals surface area contributed by atoms with Crippen LogP contribution in [0.4, 0.5) is 0 Å². The number of benzene rings is 1. The third-order valence-corrected chi connectivity index (χ3v) is 3.45. The molecule has 0 aliphatic heterocycles. The summed E-state index contributed by atoms with van der Waals surface area (Å²) in [6, 6.07) is 5.77. The highest BCUT2D eigenvalue weighted by molar-refractivity contribution is 5.46. The van der Waals surface area contributed by atoms with Gasteiger partial charge in [-0.25, -0.2) is 0 Å². The van der Waals surface area contributed by atoms with E-state index in [9.17, 15) is 0 Å². The van der Waals surface area contributed by atoms with Crippen LogP contribution < -0.4 is 15.2 Å². The Morgan fingerprint density at radius 3 is 2.95 bits per heavy atom. The molecule has 21 heavy (non-hydrogen) atoms. The molecular formula is C15H19N3O3. The van der Waals surface area contributed by atoms with Crippen LogP contribution in [-0.2, 0) is 13.0 Å². The maximum atomic E-state index is 5.85. The van der Waals surface area contributed by atoms with Crippen LogP contribution in [0, 0.1) is 0 Å². The van der Waals surface area contributed by atoms with Gasteiger partial charge in [0, 0.05) is 5.92 Å². The van der Waals surface area contributed by atoms with Crippen molar-refractivity contribution in [2.45, 2.75) is 31.8 Å². The van der Waals surface area contributed by atoms with Gasteiger partial charge < -0.3 is 19.7 Å². The summed E-state index contributed by atoms with van der Waals surface area (Å²) >= 11 is 0. The molecule has 6 heteroatoms. The topological polar surface area (TPSA) is 83.4 Å². The number of nitrogens with zero attached hydrogens (tertiary/aromatic N) is 2. The number of hydrogen-bond donors (Lipinski definition) is 1. The van der Waals surface area contributed by atoms with Crippen molar-refractivity contribution in [3.8, 4) is 11.5 Å². The molecule has 0 bridgehead atoms. The third kappa shape index (κ3) is 3.16. The highest BCUT2D eigenvalue weighted by Gasteiger charge is 2.29. The average Bonchev–Trinajstić information content (AvgIpc) is 3.25. The Labute approximate surface area is 123 Å². The van der Waals surface area contributed by atoms with E-state index in [-0.39, 0.29) is 6.61 Å². The van der Waals surface area contributed by atoms with Gasteiger partial charge in [0.15, 0.2) is 18.1 Å². The molecule has 6 nitrogen and oxygen atoms in total. The van der Waals surface area contributed by atoms with E-state index in [1.54, 1.807) is 7.11 Å². The van der Waals surface area contributed by atoms with Crippen molar-refractivity contribution in [2.75, 3.05) is 13.7 Å². The molecule has 1 heterocycles. The lowest BCUT2D eigenvalue weighted by atomic mass is 10.1. The highest BCUT2D eigenvalue weighted by Crippen LogP contribution is 2.39. The Hall–Kier alpha value is -2.08. The first-order chi connectivity index (χ1) is 10.3. The molecule has 0 saturated heterocycles. The molecule has 0 amide bonds. The molecule has 0 spiro atoms. The van der Waals surface area contributed by atoms with Gasteiger partial charge in [-0.15, -0.1) is 0 Å². The number of ether oxygens (including phenoxy) is 2. The standard InChI is InChI=1S/C15H19N3O3/c1-19-12-4-2-3-10(7-8-16)14(12)20-9-13-17-15(21-18-13)11-5-6-11/h2-4,11H,5-9,16H2,1H3. The summed E-state index contributed by atoms with van der Waals surface area (Å²) in [5, 5.41) is 3.95. The molecule has 1 aromatic heterocycles. The van der Waals surface area contributed by atoms with E-state index in [0.29, 0.717) is 29.8 Å². The molecule has 1 aliphatic rings. The van der Waals surface area contributed by atoms with E-state index in [1.807, 2.05) is 18.2 Å². The Morgan fingerprint density at radius 2 is 2.24 bits per heavy atom. The minimum Gasteiger partial charge on any atom is -0.493 e. The van der Waals surface area contributed by atoms with Gasteiger partial charge in [-0.3, -0.25) is 0 Å². The minimum atomic E-state index is 0.258. The fourth-order valence-electron chi connectivity index (χ4n) is 2.20. The first kappa shape index (κ1) is 13.9. The summed E-state index contributed by atoms with van der Waals surface area (Å²) in [5.74, 6) is 3.11. The van der Waals surface area contributed by atoms with Gasteiger partial charge in [0.2, 0.25) is 11.7 Å². The predicted octanol–water partition coefficient (Wildman–Crippen LogP) is 2.04. The van der Waals surface area contributed by atoms with Crippen LogP contribution in [-0.4, -0.2) is 23.8 Å². The van der Waals surface area contributed by atoms with Crippen LogP contribution in [0.3, 0.4) is 0 Å². The lowest BCUT2D eigenvalue weighted by Crippen LogP contribution is -2.07. The first-order valence-electron chi connectivity index (χ1n) is 7.13. The number of hydrogen-bond acceptors (Lipinski definition) is 6. The highest BCUT2D eigenvalue weighted by atomic mass is 16.5. The second kappa shape index (κ2) is 6.13. The predicted molar refractivity (Wildman–Crippen MR) is 76.4 cm³/mol. The Balaban J connectivity index is 1.73. The lowest BCUT2D eigenvalue weighted by molar-refractivity contribution is 0.266. The second-order valence-corrected chi connectivity index (χ2v) is 5.10. The molecule has 2 aromatic rings. The molecule has 1 aliphatic carbocycles. The van der Waals surface area contributed by atoms with Crippen molar-refractivity contribution in [1.29, 1.82) is 0 Å². The van der Waals surface area contributed by atoms with E-state index in [4.69, 9.17) is 19.7 Å². The van der Waals surface area contributed by atoms with Crippen LogP contribution in [0.25, 0.3) is 0 Å². The van der Waals surface area contributed by atoms with Gasteiger partial charge in [-0.2, -0.15) is 4.98 Å². The normalized spacial score (nSPS) is 14.2. The summed E-state index contributed by atoms with van der Waals surface area (Å²) in [6.45, 7) is 0.811. The lowest BCUT2D eigenvalue weighted by Gasteiger charge is -2.13. The van der Waals surface area contributed by atoms with Crippen LogP contribution in [0.2, 0.25) is 0 Å². The molecule has 0 radical (unpaired) electrons. The van der Waals surface area contributed by atoms with Crippen molar-refractivity contribution in [3.05, 3.63) is 35.5 Å². The Kier molecular flexibility index (Phi) is 4.06. The number of methoxy groups -OCH3 is 1. The molecule has 112 valence electrons. The monoisotopic (exact) mass is 289 g/mol. The van der Waals surface area contributed by atoms with Crippen molar-refractivity contribution in [2.24, 2.45) is 5.73 Å². The number of nitrogens with two attached hydrogens (primary N) is 1. The molecule has 1 saturated carbocycles. The van der Waals surface area contributed by atoms with Crippen molar-refractivity contribution < 1.29 is 14.0 Å². The van der Waals surface area contributed by atoms with E-state index < -0.39 is 0 Å². The summed E-state index contributed by atoms with van der Waals surface area (Å²) < 4.78 is 16.4. The SMILES string of the molecule is COc1cccc(CCN)c1OCc1noc(C2CC2)n1. The van der Waals surface area contributed by atoms with E-state index >= 15 is 0 Å². The van der Waals surface area contributed by atoms with Crippen LogP contribution in [0.1, 0.15) is 36.0 Å². The minimum absolute atomic E-state index is 0.258. The fourth-order valence-corrected chi connectivity index (χ4v) is 2.20. The van der Waals surface area contributed by atoms with E-state index in [1.165, 1.54) is 0 Å². The Morgan fingerprint density at radius 1 is 1.38 bits per heavy atom. The smallest absolute Gasteiger partial charge is 0.229 e. The summed E-state index contributed by atoms with van der Waals surface area (Å²) in [5.41, 5.74) is 6.65. The quantitative estimate of drug-likeness (QED) is 0.839. The van der Waals surface area contributed by atoms with Crippen LogP contribution in [0.15, 0.2) is 22.7 Å². The zero-order valence-electron chi connectivity index (χ0n) is 12.0. The molecule has 1 fully saturated rings. The van der Waals surface area contributed by atoms with Gasteiger partial charge in [0.25, 0.3) is 0 Å². The third-order valence-electron chi connectivity index (χ3n) is 3.45. The maximum Gasteiger partial charge on any atom is 0.229 e. The summed E-state index contributed by atoms with van der Waals surface area (Å²) in [7, 11) is 1.62. The first-order valence-corrected chi connectivity index (χ1v) is 7.13. The second-order valence-electron chi connectivity index (χ2n) is 5.10. The van der Waals surface area contributed by atoms with E-state index in [0.717, 1.165) is 30.7 Å². The fraction of sp³-hybridized carbons (Fsp3) is 0.467. The number of aromatic nitrogens is 2. The van der Waals surface area contributed by atoms with Crippen LogP contribution >= 0.6 is 0 Å². The maximum absolute atomic E-state index is 5.85. The summed E-state index contributed by atoms with van der Waals surface area (Å²) in [4.78, 5) is 4.35. The van der Waals surface area contributed by atoms with Crippen molar-refractivity contribution in [3.63, 3.8) is 0 Å². The van der Waals surface area contributed by atoms with Gasteiger partial charge in [0.1, 0.15) is 0 Å². The molecule has 0 unspecified atom stereocenters. The molecule has 1 aromatic carbocycles. The van der Waals surface area contributed by atoms with E-state index in [2.05, 4.69) is 10.1 Å². The Bertz CT molecular complexity index is 608. The molecular weight excluding hydrogens is 270 g/mol. The number of rotatable bonds is 7. The van der Waals surface area contributed by atoms with Gasteiger partial charge >= 0.3 is 0 Å². The zero-order chi connectivity index (χ0) is 14.7. The van der Waals surface area contributed by atoms with Gasteiger partial charge in [0.05, 0.1) is 7.11 Å². The average molecular weight is 289 g/mol. The van der Waals surface area contributed by atoms with Crippen molar-refractivity contribution in [1.82, 2.24) is 10.1 Å². The molecule has 0 atom stereocenters. The van der Waals surface area contributed by atoms with Gasteiger partial charge in [-0.1, -0.05) is 17.3 Å². The number of para-hydroxylation sites is 1.